The summed E-state index contributed by atoms with van der Waals surface area (Å²) in [6.45, 7) is 0.175. The number of anilines is 2. The molecule has 0 aliphatic rings. The monoisotopic (exact) mass is 501 g/mol. The molecular weight excluding hydrogens is 478 g/mol. The van der Waals surface area contributed by atoms with Crippen LogP contribution in [0.25, 0.3) is 10.4 Å². The highest BCUT2D eigenvalue weighted by molar-refractivity contribution is 7.13. The van der Waals surface area contributed by atoms with E-state index < -0.39 is 18.1 Å². The van der Waals surface area contributed by atoms with Crippen LogP contribution in [0.5, 0.6) is 0 Å². The second-order valence-corrected chi connectivity index (χ2v) is 8.71. The molecule has 0 fully saturated rings. The second kappa shape index (κ2) is 11.2. The molecule has 182 valence electrons. The lowest BCUT2D eigenvalue weighted by molar-refractivity contribution is -0.126. The van der Waals surface area contributed by atoms with Gasteiger partial charge in [-0.1, -0.05) is 30.3 Å². The number of aromatic nitrogens is 1. The largest absolute Gasteiger partial charge is 0.431 e. The van der Waals surface area contributed by atoms with E-state index in [0.717, 1.165) is 16.0 Å². The maximum absolute atomic E-state index is 12.8. The number of carbonyl (C=O) groups excluding carboxylic acids is 3. The summed E-state index contributed by atoms with van der Waals surface area (Å²) >= 11 is 1.58. The molecule has 2 aromatic carbocycles. The lowest BCUT2D eigenvalue weighted by atomic mass is 10.1. The van der Waals surface area contributed by atoms with Crippen LogP contribution in [0.15, 0.2) is 84.5 Å². The van der Waals surface area contributed by atoms with E-state index in [-0.39, 0.29) is 12.5 Å². The van der Waals surface area contributed by atoms with Gasteiger partial charge in [0, 0.05) is 34.9 Å². The minimum absolute atomic E-state index is 0.175. The van der Waals surface area contributed by atoms with E-state index in [1.807, 2.05) is 29.6 Å². The first-order valence-corrected chi connectivity index (χ1v) is 11.8. The molecule has 1 unspecified atom stereocenters. The number of benzene rings is 2. The number of carbonyl (C=O) groups is 3. The van der Waals surface area contributed by atoms with Gasteiger partial charge in [-0.05, 0) is 52.9 Å². The van der Waals surface area contributed by atoms with Gasteiger partial charge in [-0.2, -0.15) is 0 Å². The van der Waals surface area contributed by atoms with Crippen LogP contribution in [0.2, 0.25) is 0 Å². The highest BCUT2D eigenvalue weighted by Crippen LogP contribution is 2.30. The highest BCUT2D eigenvalue weighted by Gasteiger charge is 2.23. The van der Waals surface area contributed by atoms with Gasteiger partial charge in [0.1, 0.15) is 0 Å². The molecule has 0 bridgehead atoms. The number of primary amides is 1. The summed E-state index contributed by atoms with van der Waals surface area (Å²) < 4.78 is 5.22. The second-order valence-electron chi connectivity index (χ2n) is 7.76. The Labute approximate surface area is 211 Å². The van der Waals surface area contributed by atoms with Gasteiger partial charge in [-0.25, -0.2) is 4.79 Å². The van der Waals surface area contributed by atoms with Crippen molar-refractivity contribution in [3.8, 4) is 10.4 Å². The number of nitrogen functional groups attached to an aromatic ring is 1. The summed E-state index contributed by atoms with van der Waals surface area (Å²) in [6.07, 6.45) is 1.08. The normalized spacial score (nSPS) is 11.3. The molecule has 3 amide bonds. The van der Waals surface area contributed by atoms with E-state index in [4.69, 9.17) is 16.2 Å². The molecule has 10 heteroatoms. The Morgan fingerprint density at radius 2 is 1.83 bits per heavy atom. The number of rotatable bonds is 8. The van der Waals surface area contributed by atoms with Crippen molar-refractivity contribution in [2.45, 2.75) is 12.6 Å². The van der Waals surface area contributed by atoms with Crippen LogP contribution >= 0.6 is 11.3 Å². The Kier molecular flexibility index (Phi) is 7.57. The Morgan fingerprint density at radius 3 is 2.50 bits per heavy atom. The minimum atomic E-state index is -1.32. The molecule has 6 N–H and O–H groups in total. The van der Waals surface area contributed by atoms with Crippen LogP contribution in [0, 0.1) is 0 Å². The fourth-order valence-corrected chi connectivity index (χ4v) is 4.10. The predicted molar refractivity (Wildman–Crippen MR) is 138 cm³/mol. The van der Waals surface area contributed by atoms with Crippen LogP contribution in [0.4, 0.5) is 16.2 Å². The van der Waals surface area contributed by atoms with Gasteiger partial charge < -0.3 is 26.8 Å². The topological polar surface area (TPSA) is 149 Å². The van der Waals surface area contributed by atoms with Crippen molar-refractivity contribution in [2.24, 2.45) is 5.73 Å². The number of nitrogens with two attached hydrogens (primary N) is 2. The molecule has 4 rings (SSSR count). The van der Waals surface area contributed by atoms with E-state index in [1.165, 1.54) is 24.3 Å². The Hall–Kier alpha value is -4.70. The number of pyridine rings is 1. The van der Waals surface area contributed by atoms with Crippen molar-refractivity contribution in [3.63, 3.8) is 0 Å². The van der Waals surface area contributed by atoms with Crippen LogP contribution in [-0.2, 0) is 16.1 Å². The lowest BCUT2D eigenvalue weighted by Crippen LogP contribution is -2.31. The van der Waals surface area contributed by atoms with Crippen LogP contribution < -0.4 is 22.1 Å². The average Bonchev–Trinajstić information content (AvgIpc) is 3.43. The molecule has 4 aromatic rings. The highest BCUT2D eigenvalue weighted by atomic mass is 32.1. The number of hydrogen-bond acceptors (Lipinski definition) is 7. The van der Waals surface area contributed by atoms with Crippen molar-refractivity contribution in [1.29, 1.82) is 0 Å². The summed E-state index contributed by atoms with van der Waals surface area (Å²) in [4.78, 5) is 42.0. The van der Waals surface area contributed by atoms with Gasteiger partial charge in [0.2, 0.25) is 6.10 Å². The average molecular weight is 502 g/mol. The quantitative estimate of drug-likeness (QED) is 0.267. The van der Waals surface area contributed by atoms with Gasteiger partial charge in [0.05, 0.1) is 11.4 Å². The molecule has 36 heavy (non-hydrogen) atoms. The molecule has 0 aliphatic carbocycles. The number of ether oxygens (including phenoxy) is 1. The van der Waals surface area contributed by atoms with Crippen molar-refractivity contribution >= 4 is 40.6 Å². The first-order chi connectivity index (χ1) is 17.4. The fourth-order valence-electron chi connectivity index (χ4n) is 3.38. The van der Waals surface area contributed by atoms with E-state index in [2.05, 4.69) is 15.6 Å². The van der Waals surface area contributed by atoms with E-state index in [1.54, 1.807) is 41.9 Å². The molecule has 0 spiro atoms. The number of alkyl carbamates (subject to hydrolysis) is 1. The molecule has 0 saturated carbocycles. The maximum Gasteiger partial charge on any atom is 0.408 e. The van der Waals surface area contributed by atoms with Crippen LogP contribution in [-0.4, -0.2) is 22.9 Å². The third-order valence-electron chi connectivity index (χ3n) is 5.23. The number of thiophene rings is 1. The van der Waals surface area contributed by atoms with E-state index >= 15 is 0 Å². The lowest BCUT2D eigenvalue weighted by Gasteiger charge is -2.16. The van der Waals surface area contributed by atoms with Crippen molar-refractivity contribution < 1.29 is 19.1 Å². The van der Waals surface area contributed by atoms with Gasteiger partial charge >= 0.3 is 6.09 Å². The fraction of sp³-hybridized carbons (Fsp3) is 0.0769. The third kappa shape index (κ3) is 6.05. The summed E-state index contributed by atoms with van der Waals surface area (Å²) in [5, 5.41) is 7.33. The Morgan fingerprint density at radius 1 is 1.03 bits per heavy atom. The molecule has 2 aromatic heterocycles. The summed E-state index contributed by atoms with van der Waals surface area (Å²) in [7, 11) is 0. The Bertz CT molecular complexity index is 1360. The maximum atomic E-state index is 12.8. The van der Waals surface area contributed by atoms with Crippen molar-refractivity contribution in [2.75, 3.05) is 11.1 Å². The zero-order chi connectivity index (χ0) is 25.5. The zero-order valence-electron chi connectivity index (χ0n) is 19.0. The molecule has 9 nitrogen and oxygen atoms in total. The standard InChI is InChI=1S/C26H23N5O4S/c27-20-10-9-19(22-4-2-12-36-22)13-21(20)31-25(33)18-7-5-17(6-8-18)23(24(28)32)35-26(34)30-15-16-3-1-11-29-14-16/h1-14,23H,15,27H2,(H2,28,32)(H,30,34)(H,31,33). The number of nitrogens with zero attached hydrogens (tertiary/aromatic N) is 1. The minimum Gasteiger partial charge on any atom is -0.431 e. The molecular formula is C26H23N5O4S. The van der Waals surface area contributed by atoms with Gasteiger partial charge in [0.15, 0.2) is 0 Å². The van der Waals surface area contributed by atoms with Crippen LogP contribution in [0.3, 0.4) is 0 Å². The van der Waals surface area contributed by atoms with Crippen molar-refractivity contribution in [3.05, 3.63) is 101 Å². The SMILES string of the molecule is NC(=O)C(OC(=O)NCc1cccnc1)c1ccc(C(=O)Nc2cc(-c3cccs3)ccc2N)cc1. The van der Waals surface area contributed by atoms with E-state index in [9.17, 15) is 14.4 Å². The summed E-state index contributed by atoms with van der Waals surface area (Å²) in [5.74, 6) is -1.23. The molecule has 1 atom stereocenters. The first kappa shape index (κ1) is 24.4. The molecule has 0 aliphatic heterocycles. The van der Waals surface area contributed by atoms with Gasteiger partial charge in [0.25, 0.3) is 11.8 Å². The van der Waals surface area contributed by atoms with E-state index in [0.29, 0.717) is 22.5 Å². The van der Waals surface area contributed by atoms with Crippen LogP contribution in [0.1, 0.15) is 27.6 Å². The number of nitrogens with one attached hydrogen (secondary N) is 2. The van der Waals surface area contributed by atoms with Gasteiger partial charge in [-0.15, -0.1) is 11.3 Å². The summed E-state index contributed by atoms with van der Waals surface area (Å²) in [5.41, 5.74) is 14.8. The number of amides is 3. The number of hydrogen-bond donors (Lipinski definition) is 4. The first-order valence-electron chi connectivity index (χ1n) is 10.9. The third-order valence-corrected chi connectivity index (χ3v) is 6.14. The smallest absolute Gasteiger partial charge is 0.408 e. The molecule has 0 saturated heterocycles. The van der Waals surface area contributed by atoms with Gasteiger partial charge in [-0.3, -0.25) is 14.6 Å². The molecule has 2 heterocycles. The molecule has 0 radical (unpaired) electrons. The predicted octanol–water partition coefficient (Wildman–Crippen LogP) is 4.10. The van der Waals surface area contributed by atoms with Crippen molar-refractivity contribution in [1.82, 2.24) is 10.3 Å². The Balaban J connectivity index is 1.41. The zero-order valence-corrected chi connectivity index (χ0v) is 19.8. The summed E-state index contributed by atoms with van der Waals surface area (Å²) in [6, 6.07) is 18.9.